The van der Waals surface area contributed by atoms with E-state index >= 15 is 0 Å². The van der Waals surface area contributed by atoms with Crippen molar-refractivity contribution in [3.8, 4) is 5.75 Å². The second kappa shape index (κ2) is 7.65. The molecular weight excluding hydrogens is 358 g/mol. The number of carbonyl (C=O) groups excluding carboxylic acids is 2. The van der Waals surface area contributed by atoms with Gasteiger partial charge in [-0.25, -0.2) is 13.2 Å². The van der Waals surface area contributed by atoms with E-state index in [9.17, 15) is 23.1 Å². The minimum Gasteiger partial charge on any atom is -0.508 e. The first-order valence-corrected chi connectivity index (χ1v) is 10.7. The number of amides is 1. The van der Waals surface area contributed by atoms with Gasteiger partial charge in [0.25, 0.3) is 5.91 Å². The number of phenolic OH excluding ortho intramolecular Hbond substituents is 1. The maximum Gasteiger partial charge on any atom is 0.338 e. The zero-order valence-corrected chi connectivity index (χ0v) is 15.3. The Morgan fingerprint density at radius 3 is 2.50 bits per heavy atom. The molecule has 3 rings (SSSR count). The van der Waals surface area contributed by atoms with Crippen LogP contribution in [-0.4, -0.2) is 60.5 Å². The lowest BCUT2D eigenvalue weighted by atomic mass is 10.1. The molecule has 26 heavy (non-hydrogen) atoms. The molecule has 0 bridgehead atoms. The Bertz CT molecular complexity index is 785. The molecule has 1 saturated carbocycles. The number of ether oxygens (including phenoxy) is 1. The number of carbonyl (C=O) groups is 2. The Hall–Kier alpha value is -2.09. The third-order valence-corrected chi connectivity index (χ3v) is 6.77. The number of rotatable bonds is 5. The summed E-state index contributed by atoms with van der Waals surface area (Å²) in [6, 6.07) is 5.39. The zero-order chi connectivity index (χ0) is 18.7. The lowest BCUT2D eigenvalue weighted by Gasteiger charge is -2.33. The molecule has 1 heterocycles. The Labute approximate surface area is 152 Å². The largest absolute Gasteiger partial charge is 0.508 e. The highest BCUT2D eigenvalue weighted by atomic mass is 32.2. The molecule has 1 aliphatic carbocycles. The van der Waals surface area contributed by atoms with Gasteiger partial charge in [0.15, 0.2) is 16.4 Å². The lowest BCUT2D eigenvalue weighted by molar-refractivity contribution is -0.139. The lowest BCUT2D eigenvalue weighted by Crippen LogP contribution is -2.48. The predicted octanol–water partition coefficient (Wildman–Crippen LogP) is 1.51. The van der Waals surface area contributed by atoms with Crippen LogP contribution in [0.25, 0.3) is 0 Å². The van der Waals surface area contributed by atoms with Crippen molar-refractivity contribution in [2.75, 3.05) is 18.1 Å². The van der Waals surface area contributed by atoms with Gasteiger partial charge in [0, 0.05) is 12.1 Å². The number of hydrogen-bond donors (Lipinski definition) is 1. The highest BCUT2D eigenvalue weighted by Crippen LogP contribution is 2.29. The van der Waals surface area contributed by atoms with Gasteiger partial charge in [0.05, 0.1) is 17.1 Å². The van der Waals surface area contributed by atoms with E-state index in [1.165, 1.54) is 24.3 Å². The fraction of sp³-hybridized carbons (Fsp3) is 0.556. The molecule has 2 fully saturated rings. The summed E-state index contributed by atoms with van der Waals surface area (Å²) in [4.78, 5) is 26.5. The Balaban J connectivity index is 1.66. The second-order valence-corrected chi connectivity index (χ2v) is 9.15. The van der Waals surface area contributed by atoms with Crippen molar-refractivity contribution in [2.45, 2.75) is 44.2 Å². The maximum absolute atomic E-state index is 12.7. The first-order chi connectivity index (χ1) is 12.4. The molecule has 1 aliphatic heterocycles. The van der Waals surface area contributed by atoms with Crippen LogP contribution in [0.2, 0.25) is 0 Å². The number of nitrogens with zero attached hydrogens (tertiary/aromatic N) is 1. The van der Waals surface area contributed by atoms with Crippen LogP contribution in [-0.2, 0) is 19.4 Å². The van der Waals surface area contributed by atoms with Crippen molar-refractivity contribution in [1.82, 2.24) is 4.90 Å². The Morgan fingerprint density at radius 1 is 1.15 bits per heavy atom. The summed E-state index contributed by atoms with van der Waals surface area (Å²) < 4.78 is 28.7. The summed E-state index contributed by atoms with van der Waals surface area (Å²) in [5.74, 6) is -1.03. The predicted molar refractivity (Wildman–Crippen MR) is 94.6 cm³/mol. The highest BCUT2D eigenvalue weighted by Gasteiger charge is 2.39. The minimum absolute atomic E-state index is 0.0141. The molecule has 0 aromatic heterocycles. The average Bonchev–Trinajstić information content (AvgIpc) is 3.23. The summed E-state index contributed by atoms with van der Waals surface area (Å²) in [5, 5.41) is 9.42. The Kier molecular flexibility index (Phi) is 5.50. The molecule has 2 aliphatic rings. The molecule has 1 aromatic carbocycles. The summed E-state index contributed by atoms with van der Waals surface area (Å²) >= 11 is 0. The fourth-order valence-electron chi connectivity index (χ4n) is 3.80. The van der Waals surface area contributed by atoms with Crippen molar-refractivity contribution < 1.29 is 27.9 Å². The van der Waals surface area contributed by atoms with Gasteiger partial charge in [-0.3, -0.25) is 4.79 Å². The quantitative estimate of drug-likeness (QED) is 0.776. The van der Waals surface area contributed by atoms with Gasteiger partial charge in [0.1, 0.15) is 5.75 Å². The van der Waals surface area contributed by atoms with E-state index in [2.05, 4.69) is 0 Å². The van der Waals surface area contributed by atoms with E-state index in [-0.39, 0.29) is 40.8 Å². The van der Waals surface area contributed by atoms with Gasteiger partial charge in [-0.1, -0.05) is 18.9 Å². The molecule has 1 aromatic rings. The summed E-state index contributed by atoms with van der Waals surface area (Å²) in [7, 11) is -3.11. The van der Waals surface area contributed by atoms with Gasteiger partial charge in [-0.05, 0) is 37.5 Å². The van der Waals surface area contributed by atoms with Crippen molar-refractivity contribution in [1.29, 1.82) is 0 Å². The first kappa shape index (κ1) is 18.7. The monoisotopic (exact) mass is 381 g/mol. The van der Waals surface area contributed by atoms with Gasteiger partial charge in [-0.15, -0.1) is 0 Å². The number of sulfone groups is 1. The van der Waals surface area contributed by atoms with Crippen LogP contribution >= 0.6 is 0 Å². The van der Waals surface area contributed by atoms with Crippen LogP contribution in [0.1, 0.15) is 42.5 Å². The van der Waals surface area contributed by atoms with Crippen LogP contribution in [0.3, 0.4) is 0 Å². The van der Waals surface area contributed by atoms with E-state index in [4.69, 9.17) is 4.74 Å². The minimum atomic E-state index is -3.11. The maximum atomic E-state index is 12.7. The molecular formula is C18H23NO6S. The van der Waals surface area contributed by atoms with Crippen molar-refractivity contribution in [2.24, 2.45) is 0 Å². The highest BCUT2D eigenvalue weighted by molar-refractivity contribution is 7.91. The zero-order valence-electron chi connectivity index (χ0n) is 14.5. The fourth-order valence-corrected chi connectivity index (χ4v) is 5.51. The van der Waals surface area contributed by atoms with E-state index in [1.807, 2.05) is 0 Å². The van der Waals surface area contributed by atoms with Crippen LogP contribution in [0, 0.1) is 0 Å². The molecule has 8 heteroatoms. The van der Waals surface area contributed by atoms with Crippen molar-refractivity contribution in [3.05, 3.63) is 29.8 Å². The van der Waals surface area contributed by atoms with E-state index in [0.717, 1.165) is 25.7 Å². The van der Waals surface area contributed by atoms with Gasteiger partial charge >= 0.3 is 5.97 Å². The molecule has 7 nitrogen and oxygen atoms in total. The molecule has 142 valence electrons. The number of aromatic hydroxyl groups is 1. The van der Waals surface area contributed by atoms with E-state index in [0.29, 0.717) is 6.42 Å². The third kappa shape index (κ3) is 4.35. The smallest absolute Gasteiger partial charge is 0.338 e. The third-order valence-electron chi connectivity index (χ3n) is 5.02. The van der Waals surface area contributed by atoms with Gasteiger partial charge in [0.2, 0.25) is 0 Å². The van der Waals surface area contributed by atoms with Crippen LogP contribution < -0.4 is 0 Å². The van der Waals surface area contributed by atoms with E-state index in [1.54, 1.807) is 4.90 Å². The summed E-state index contributed by atoms with van der Waals surface area (Å²) in [6.07, 6.45) is 4.16. The normalized spacial score (nSPS) is 22.2. The number of phenols is 1. The van der Waals surface area contributed by atoms with Crippen LogP contribution in [0.15, 0.2) is 24.3 Å². The molecule has 0 radical (unpaired) electrons. The molecule has 0 spiro atoms. The molecule has 1 amide bonds. The van der Waals surface area contributed by atoms with Gasteiger partial charge < -0.3 is 14.7 Å². The number of benzene rings is 1. The average molecular weight is 381 g/mol. The second-order valence-electron chi connectivity index (χ2n) is 6.92. The van der Waals surface area contributed by atoms with Crippen molar-refractivity contribution in [3.63, 3.8) is 0 Å². The molecule has 1 N–H and O–H groups in total. The molecule has 1 saturated heterocycles. The van der Waals surface area contributed by atoms with Crippen LogP contribution in [0.5, 0.6) is 5.75 Å². The Morgan fingerprint density at radius 2 is 1.88 bits per heavy atom. The van der Waals surface area contributed by atoms with Crippen molar-refractivity contribution >= 4 is 21.7 Å². The number of esters is 1. The SMILES string of the molecule is O=C(OCC(=O)N(C1CCCC1)C1CCS(=O)(=O)C1)c1cccc(O)c1. The van der Waals surface area contributed by atoms with Crippen LogP contribution in [0.4, 0.5) is 0 Å². The summed E-state index contributed by atoms with van der Waals surface area (Å²) in [6.45, 7) is -0.429. The van der Waals surface area contributed by atoms with Gasteiger partial charge in [-0.2, -0.15) is 0 Å². The standard InChI is InChI=1S/C18H23NO6S/c20-16-7-3-4-13(10-16)18(22)25-11-17(21)19(14-5-1-2-6-14)15-8-9-26(23,24)12-15/h3-4,7,10,14-15,20H,1-2,5-6,8-9,11-12H2. The number of hydrogen-bond acceptors (Lipinski definition) is 6. The molecule has 1 atom stereocenters. The molecule has 1 unspecified atom stereocenters. The topological polar surface area (TPSA) is 101 Å². The summed E-state index contributed by atoms with van der Waals surface area (Å²) in [5.41, 5.74) is 0.161. The first-order valence-electron chi connectivity index (χ1n) is 8.83. The van der Waals surface area contributed by atoms with E-state index < -0.39 is 22.4 Å².